The molecule has 0 unspecified atom stereocenters. The molecule has 0 bridgehead atoms. The molecule has 0 aliphatic carbocycles. The fourth-order valence-electron chi connectivity index (χ4n) is 1.05. The van der Waals surface area contributed by atoms with Gasteiger partial charge in [0.05, 0.1) is 18.0 Å². The molecule has 1 aromatic heterocycles. The predicted molar refractivity (Wildman–Crippen MR) is 56.5 cm³/mol. The maximum atomic E-state index is 11.4. The molecule has 0 aromatic carbocycles. The second-order valence-corrected chi connectivity index (χ2v) is 2.93. The Hall–Kier alpha value is -1.87. The van der Waals surface area contributed by atoms with E-state index in [9.17, 15) is 4.79 Å². The number of hydrogen-bond donors (Lipinski definition) is 2. The van der Waals surface area contributed by atoms with Crippen molar-refractivity contribution in [3.05, 3.63) is 22.6 Å². The van der Waals surface area contributed by atoms with Crippen LogP contribution in [0.5, 0.6) is 0 Å². The number of anilines is 1. The molecule has 0 aliphatic heterocycles. The monoisotopic (exact) mass is 207 g/mol. The third-order valence-corrected chi connectivity index (χ3v) is 1.79. The summed E-state index contributed by atoms with van der Waals surface area (Å²) < 4.78 is 1.11. The number of hydrogen-bond acceptors (Lipinski definition) is 5. The first kappa shape index (κ1) is 11.2. The predicted octanol–water partition coefficient (Wildman–Crippen LogP) is -0.602. The molecular weight excluding hydrogens is 194 g/mol. The van der Waals surface area contributed by atoms with Crippen molar-refractivity contribution in [3.8, 4) is 6.07 Å². The number of nitriles is 1. The lowest BCUT2D eigenvalue weighted by atomic mass is 10.4. The van der Waals surface area contributed by atoms with Crippen LogP contribution < -0.4 is 16.2 Å². The van der Waals surface area contributed by atoms with Gasteiger partial charge in [-0.1, -0.05) is 0 Å². The van der Waals surface area contributed by atoms with Crippen LogP contribution in [-0.2, 0) is 6.54 Å². The first-order valence-corrected chi connectivity index (χ1v) is 4.60. The van der Waals surface area contributed by atoms with Crippen molar-refractivity contribution in [1.29, 1.82) is 5.26 Å². The molecule has 1 aromatic rings. The van der Waals surface area contributed by atoms with Crippen molar-refractivity contribution < 1.29 is 0 Å². The Morgan fingerprint density at radius 3 is 3.00 bits per heavy atom. The Bertz CT molecular complexity index is 406. The zero-order chi connectivity index (χ0) is 11.1. The average molecular weight is 207 g/mol. The maximum Gasteiger partial charge on any atom is 0.269 e. The van der Waals surface area contributed by atoms with Crippen LogP contribution in [0.25, 0.3) is 0 Å². The molecule has 0 radical (unpaired) electrons. The highest BCUT2D eigenvalue weighted by atomic mass is 16.1. The molecule has 0 aliphatic rings. The van der Waals surface area contributed by atoms with Gasteiger partial charge in [0.1, 0.15) is 6.54 Å². The molecule has 0 fully saturated rings. The molecule has 6 nitrogen and oxygen atoms in total. The minimum absolute atomic E-state index is 0.0182. The van der Waals surface area contributed by atoms with E-state index in [0.717, 1.165) is 17.8 Å². The Labute approximate surface area is 87.5 Å². The van der Waals surface area contributed by atoms with E-state index in [2.05, 4.69) is 15.7 Å². The Kier molecular flexibility index (Phi) is 4.31. The number of aromatic nitrogens is 2. The molecule has 0 saturated heterocycles. The highest BCUT2D eigenvalue weighted by Gasteiger charge is 1.98. The van der Waals surface area contributed by atoms with E-state index in [1.807, 2.05) is 13.1 Å². The highest BCUT2D eigenvalue weighted by molar-refractivity contribution is 5.38. The zero-order valence-electron chi connectivity index (χ0n) is 8.53. The molecular formula is C9H13N5O. The third kappa shape index (κ3) is 3.40. The van der Waals surface area contributed by atoms with Crippen LogP contribution in [-0.4, -0.2) is 29.9 Å². The van der Waals surface area contributed by atoms with Crippen LogP contribution in [0.3, 0.4) is 0 Å². The fourth-order valence-corrected chi connectivity index (χ4v) is 1.05. The van der Waals surface area contributed by atoms with E-state index in [4.69, 9.17) is 5.26 Å². The lowest BCUT2D eigenvalue weighted by Crippen LogP contribution is -2.23. The van der Waals surface area contributed by atoms with Gasteiger partial charge in [-0.2, -0.15) is 10.4 Å². The number of rotatable bonds is 5. The summed E-state index contributed by atoms with van der Waals surface area (Å²) in [5, 5.41) is 18.3. The van der Waals surface area contributed by atoms with E-state index in [1.54, 1.807) is 0 Å². The van der Waals surface area contributed by atoms with Gasteiger partial charge in [-0.15, -0.1) is 0 Å². The fraction of sp³-hybridized carbons (Fsp3) is 0.444. The van der Waals surface area contributed by atoms with Crippen LogP contribution in [0.1, 0.15) is 0 Å². The summed E-state index contributed by atoms with van der Waals surface area (Å²) in [5.74, 6) is 0. The largest absolute Gasteiger partial charge is 0.382 e. The van der Waals surface area contributed by atoms with Gasteiger partial charge in [0, 0.05) is 19.2 Å². The molecule has 0 spiro atoms. The van der Waals surface area contributed by atoms with Gasteiger partial charge in [0.25, 0.3) is 5.56 Å². The van der Waals surface area contributed by atoms with E-state index in [-0.39, 0.29) is 12.1 Å². The van der Waals surface area contributed by atoms with Crippen molar-refractivity contribution in [1.82, 2.24) is 15.1 Å². The highest BCUT2D eigenvalue weighted by Crippen LogP contribution is 1.97. The van der Waals surface area contributed by atoms with E-state index in [0.29, 0.717) is 5.69 Å². The van der Waals surface area contributed by atoms with Crippen molar-refractivity contribution >= 4 is 5.69 Å². The molecule has 0 amide bonds. The topological polar surface area (TPSA) is 82.7 Å². The zero-order valence-corrected chi connectivity index (χ0v) is 8.53. The SMILES string of the molecule is CNCCNc1cnn(CC#N)c(=O)c1. The van der Waals surface area contributed by atoms with Crippen molar-refractivity contribution in [2.75, 3.05) is 25.5 Å². The maximum absolute atomic E-state index is 11.4. The summed E-state index contributed by atoms with van der Waals surface area (Å²) in [4.78, 5) is 11.4. The van der Waals surface area contributed by atoms with Crippen LogP contribution in [0.15, 0.2) is 17.1 Å². The first-order chi connectivity index (χ1) is 7.27. The molecule has 2 N–H and O–H groups in total. The Balaban J connectivity index is 2.66. The van der Waals surface area contributed by atoms with Crippen LogP contribution in [0, 0.1) is 11.3 Å². The van der Waals surface area contributed by atoms with Crippen LogP contribution in [0.2, 0.25) is 0 Å². The van der Waals surface area contributed by atoms with E-state index in [1.165, 1.54) is 12.3 Å². The second-order valence-electron chi connectivity index (χ2n) is 2.93. The standard InChI is InChI=1S/C9H13N5O/c1-11-3-4-12-8-6-9(15)14(5-2-10)13-7-8/h6-7,11-12H,3-5H2,1H3. The van der Waals surface area contributed by atoms with Gasteiger partial charge in [-0.05, 0) is 7.05 Å². The van der Waals surface area contributed by atoms with E-state index >= 15 is 0 Å². The lowest BCUT2D eigenvalue weighted by Gasteiger charge is -2.05. The number of nitrogens with one attached hydrogen (secondary N) is 2. The molecule has 1 rings (SSSR count). The summed E-state index contributed by atoms with van der Waals surface area (Å²) in [6, 6.07) is 3.30. The third-order valence-electron chi connectivity index (χ3n) is 1.79. The average Bonchev–Trinajstić information content (AvgIpc) is 2.23. The molecule has 0 saturated carbocycles. The Morgan fingerprint density at radius 2 is 2.40 bits per heavy atom. The minimum atomic E-state index is -0.272. The summed E-state index contributed by atoms with van der Waals surface area (Å²) in [5.41, 5.74) is 0.399. The number of likely N-dealkylation sites (N-methyl/N-ethyl adjacent to an activating group) is 1. The number of nitrogens with zero attached hydrogens (tertiary/aromatic N) is 3. The van der Waals surface area contributed by atoms with Gasteiger partial charge in [0.2, 0.25) is 0 Å². The Morgan fingerprint density at radius 1 is 1.60 bits per heavy atom. The van der Waals surface area contributed by atoms with Crippen LogP contribution in [0.4, 0.5) is 5.69 Å². The first-order valence-electron chi connectivity index (χ1n) is 4.60. The second kappa shape index (κ2) is 5.78. The molecule has 1 heterocycles. The smallest absolute Gasteiger partial charge is 0.269 e. The summed E-state index contributed by atoms with van der Waals surface area (Å²) in [6.07, 6.45) is 1.54. The van der Waals surface area contributed by atoms with E-state index < -0.39 is 0 Å². The van der Waals surface area contributed by atoms with Gasteiger partial charge >= 0.3 is 0 Å². The quantitative estimate of drug-likeness (QED) is 0.630. The molecule has 0 atom stereocenters. The lowest BCUT2D eigenvalue weighted by molar-refractivity contribution is 0.658. The van der Waals surface area contributed by atoms with Gasteiger partial charge < -0.3 is 10.6 Å². The van der Waals surface area contributed by atoms with Gasteiger partial charge in [0.15, 0.2) is 0 Å². The van der Waals surface area contributed by atoms with Crippen molar-refractivity contribution in [2.45, 2.75) is 6.54 Å². The van der Waals surface area contributed by atoms with Gasteiger partial charge in [-0.3, -0.25) is 4.79 Å². The van der Waals surface area contributed by atoms with Gasteiger partial charge in [-0.25, -0.2) is 4.68 Å². The normalized spacial score (nSPS) is 9.60. The minimum Gasteiger partial charge on any atom is -0.382 e. The summed E-state index contributed by atoms with van der Waals surface area (Å²) >= 11 is 0. The summed E-state index contributed by atoms with van der Waals surface area (Å²) in [6.45, 7) is 1.51. The summed E-state index contributed by atoms with van der Waals surface area (Å²) in [7, 11) is 1.85. The molecule has 15 heavy (non-hydrogen) atoms. The molecule has 6 heteroatoms. The van der Waals surface area contributed by atoms with Crippen LogP contribution >= 0.6 is 0 Å². The van der Waals surface area contributed by atoms with Crippen molar-refractivity contribution in [2.24, 2.45) is 0 Å². The van der Waals surface area contributed by atoms with Crippen molar-refractivity contribution in [3.63, 3.8) is 0 Å². The molecule has 80 valence electrons.